The Morgan fingerprint density at radius 3 is 0.480 bits per heavy atom. The van der Waals surface area contributed by atoms with Crippen molar-refractivity contribution in [2.24, 2.45) is 0 Å². The Hall–Kier alpha value is -7.54. The first kappa shape index (κ1) is 112. The average molecular weight is 1340 g/mol. The highest BCUT2D eigenvalue weighted by Crippen LogP contribution is 2.28. The Labute approximate surface area is 613 Å². The lowest BCUT2D eigenvalue weighted by Crippen LogP contribution is -1.98. The molecular formula is C98H158. The van der Waals surface area contributed by atoms with Crippen molar-refractivity contribution in [3.8, 4) is 0 Å². The number of hydrogen-bond donors (Lipinski definition) is 0. The number of rotatable bonds is 0. The summed E-state index contributed by atoms with van der Waals surface area (Å²) in [6.45, 7) is 82.0. The largest absolute Gasteiger partial charge is 0.0683 e. The van der Waals surface area contributed by atoms with Crippen molar-refractivity contribution in [3.05, 3.63) is 297 Å². The highest BCUT2D eigenvalue weighted by atomic mass is 14.1. The second-order valence-corrected chi connectivity index (χ2v) is 18.3. The first-order valence-corrected chi connectivity index (χ1v) is 38.6. The second-order valence-electron chi connectivity index (χ2n) is 18.3. The van der Waals surface area contributed by atoms with Crippen LogP contribution < -0.4 is 0 Å². The Bertz CT molecular complexity index is 2970. The van der Waals surface area contributed by atoms with Crippen molar-refractivity contribution in [1.82, 2.24) is 0 Å². The van der Waals surface area contributed by atoms with Gasteiger partial charge in [-0.25, -0.2) is 0 Å². The molecule has 11 aromatic rings. The summed E-state index contributed by atoms with van der Waals surface area (Å²) in [6.07, 6.45) is 0. The van der Waals surface area contributed by atoms with Crippen molar-refractivity contribution in [2.75, 3.05) is 0 Å². The fourth-order valence-corrected chi connectivity index (χ4v) is 8.31. The van der Waals surface area contributed by atoms with Gasteiger partial charge in [-0.05, 0) is 182 Å². The van der Waals surface area contributed by atoms with Gasteiger partial charge in [0, 0.05) is 0 Å². The molecule has 0 aliphatic rings. The maximum absolute atomic E-state index is 2.26. The van der Waals surface area contributed by atoms with Gasteiger partial charge in [0.25, 0.3) is 0 Å². The average Bonchev–Trinajstić information content (AvgIpc) is 0.800. The molecule has 0 atom stereocenters. The third kappa shape index (κ3) is 49.9. The van der Waals surface area contributed by atoms with Gasteiger partial charge in [-0.3, -0.25) is 0 Å². The number of hydrogen-bond acceptors (Lipinski definition) is 0. The van der Waals surface area contributed by atoms with Crippen LogP contribution in [0.5, 0.6) is 0 Å². The molecule has 0 aromatic heterocycles. The topological polar surface area (TPSA) is 0 Å². The predicted octanol–water partition coefficient (Wildman–Crippen LogP) is 34.5. The highest BCUT2D eigenvalue weighted by molar-refractivity contribution is 6.02. The Morgan fingerprint density at radius 1 is 0.133 bits per heavy atom. The van der Waals surface area contributed by atoms with E-state index < -0.39 is 0 Å². The van der Waals surface area contributed by atoms with Crippen LogP contribution in [-0.2, 0) is 0 Å². The van der Waals surface area contributed by atoms with Gasteiger partial charge in [0.15, 0.2) is 0 Å². The SMILES string of the molecule is CC.CC.CC.CC.CC.CC.CC.CC.CC.CC.CC.CC.CC.CC.Cc1c(C)c(C)c(C)c(C)c1C.Cc1c2ccccc2cc2ccccc12.Cc1cccc2ccccc12.Cc1cccc2ccccc12.Cc1ccccc1.Cc1ccccc1.Cc1ccccc1. The molecule has 0 heterocycles. The maximum Gasteiger partial charge on any atom is -0.0148 e. The highest BCUT2D eigenvalue weighted by Gasteiger charge is 2.08. The molecule has 0 aliphatic heterocycles. The Balaban J connectivity index is -0.000000110. The van der Waals surface area contributed by atoms with Crippen LogP contribution in [0.4, 0.5) is 0 Å². The van der Waals surface area contributed by atoms with Crippen molar-refractivity contribution >= 4 is 43.1 Å². The third-order valence-corrected chi connectivity index (χ3v) is 13.3. The molecule has 0 aliphatic carbocycles. The van der Waals surface area contributed by atoms with Crippen LogP contribution in [0.25, 0.3) is 43.1 Å². The molecule has 0 radical (unpaired) electrons. The van der Waals surface area contributed by atoms with E-state index in [-0.39, 0.29) is 0 Å². The number of benzene rings is 11. The predicted molar refractivity (Wildman–Crippen MR) is 471 cm³/mol. The van der Waals surface area contributed by atoms with E-state index in [0.29, 0.717) is 0 Å². The standard InChI is InChI=1S/C15H12.C12H18.2C11H10.3C7H8.14C2H6/c1-11-14-8-4-2-6-12(14)10-13-7-3-5-9-15(11)13;1-7-8(2)10(4)12(6)11(5)9(7)3;2*1-9-5-4-7-10-6-2-3-8-11(9)10;3*1-7-5-3-2-4-6-7;14*1-2/h2-10H,1H3;1-6H3;2*2-8H,1H3;3*2-6H,1H3;14*1-2H3. The zero-order chi connectivity index (χ0) is 78.4. The van der Waals surface area contributed by atoms with Crippen molar-refractivity contribution < 1.29 is 0 Å². The van der Waals surface area contributed by atoms with Gasteiger partial charge in [-0.15, -0.1) is 0 Å². The Kier molecular flexibility index (Phi) is 97.6. The lowest BCUT2D eigenvalue weighted by Gasteiger charge is -2.15. The molecule has 98 heavy (non-hydrogen) atoms. The van der Waals surface area contributed by atoms with E-state index in [1.54, 1.807) is 0 Å². The molecule has 0 nitrogen and oxygen atoms in total. The van der Waals surface area contributed by atoms with E-state index in [1.165, 1.54) is 110 Å². The molecule has 11 rings (SSSR count). The quantitative estimate of drug-likeness (QED) is 0.133. The number of aryl methyl sites for hydroxylation is 6. The van der Waals surface area contributed by atoms with Gasteiger partial charge in [-0.1, -0.05) is 435 Å². The molecule has 550 valence electrons. The van der Waals surface area contributed by atoms with E-state index in [1.807, 2.05) is 248 Å². The van der Waals surface area contributed by atoms with E-state index in [0.717, 1.165) is 0 Å². The van der Waals surface area contributed by atoms with Crippen LogP contribution in [0.3, 0.4) is 0 Å². The minimum absolute atomic E-state index is 1.32. The molecule has 11 aromatic carbocycles. The Morgan fingerprint density at radius 2 is 0.296 bits per heavy atom. The molecular weight excluding hydrogens is 1180 g/mol. The molecule has 0 N–H and O–H groups in total. The second kappa shape index (κ2) is 85.5. The van der Waals surface area contributed by atoms with E-state index in [9.17, 15) is 0 Å². The van der Waals surface area contributed by atoms with Crippen molar-refractivity contribution in [3.63, 3.8) is 0 Å². The normalized spacial score (nSPS) is 8.00. The van der Waals surface area contributed by atoms with Gasteiger partial charge in [0.05, 0.1) is 0 Å². The summed E-state index contributed by atoms with van der Waals surface area (Å²) in [5.41, 5.74) is 16.8. The summed E-state index contributed by atoms with van der Waals surface area (Å²) in [6, 6.07) is 79.8. The van der Waals surface area contributed by atoms with Crippen molar-refractivity contribution in [1.29, 1.82) is 0 Å². The molecule has 0 amide bonds. The lowest BCUT2D eigenvalue weighted by molar-refractivity contribution is 1.13. The molecule has 0 fully saturated rings. The fourth-order valence-electron chi connectivity index (χ4n) is 8.31. The molecule has 0 spiro atoms. The third-order valence-electron chi connectivity index (χ3n) is 13.3. The molecule has 0 unspecified atom stereocenters. The van der Waals surface area contributed by atoms with Gasteiger partial charge in [0.2, 0.25) is 0 Å². The minimum atomic E-state index is 1.32. The summed E-state index contributed by atoms with van der Waals surface area (Å²) >= 11 is 0. The van der Waals surface area contributed by atoms with Crippen molar-refractivity contribution in [2.45, 2.75) is 277 Å². The molecule has 0 saturated heterocycles. The molecule has 0 bridgehead atoms. The summed E-state index contributed by atoms with van der Waals surface area (Å²) in [5.74, 6) is 0. The first-order valence-electron chi connectivity index (χ1n) is 38.6. The van der Waals surface area contributed by atoms with Crippen LogP contribution >= 0.6 is 0 Å². The van der Waals surface area contributed by atoms with E-state index in [2.05, 4.69) is 259 Å². The van der Waals surface area contributed by atoms with Gasteiger partial charge in [-0.2, -0.15) is 0 Å². The van der Waals surface area contributed by atoms with E-state index >= 15 is 0 Å². The zero-order valence-corrected chi connectivity index (χ0v) is 71.9. The summed E-state index contributed by atoms with van der Waals surface area (Å²) in [4.78, 5) is 0. The summed E-state index contributed by atoms with van der Waals surface area (Å²) < 4.78 is 0. The summed E-state index contributed by atoms with van der Waals surface area (Å²) in [7, 11) is 0. The minimum Gasteiger partial charge on any atom is -0.0683 e. The van der Waals surface area contributed by atoms with Gasteiger partial charge < -0.3 is 0 Å². The van der Waals surface area contributed by atoms with E-state index in [4.69, 9.17) is 0 Å². The fraction of sp³-hybridized carbons (Fsp3) is 0.408. The van der Waals surface area contributed by atoms with Crippen LogP contribution in [0.1, 0.15) is 261 Å². The van der Waals surface area contributed by atoms with Gasteiger partial charge >= 0.3 is 0 Å². The van der Waals surface area contributed by atoms with Crippen LogP contribution in [0.15, 0.2) is 231 Å². The van der Waals surface area contributed by atoms with Crippen LogP contribution in [0, 0.1) is 83.1 Å². The van der Waals surface area contributed by atoms with Crippen LogP contribution in [0.2, 0.25) is 0 Å². The summed E-state index contributed by atoms with van der Waals surface area (Å²) in [5, 5.41) is 10.7. The van der Waals surface area contributed by atoms with Gasteiger partial charge in [0.1, 0.15) is 0 Å². The number of fused-ring (bicyclic) bond motifs is 4. The maximum atomic E-state index is 2.26. The molecule has 0 heteroatoms. The van der Waals surface area contributed by atoms with Crippen LogP contribution in [-0.4, -0.2) is 0 Å². The molecule has 0 saturated carbocycles. The smallest absolute Gasteiger partial charge is 0.0148 e. The zero-order valence-electron chi connectivity index (χ0n) is 71.9. The lowest BCUT2D eigenvalue weighted by atomic mass is 9.90. The monoisotopic (exact) mass is 1340 g/mol. The first-order chi connectivity index (χ1) is 47.8.